The molecule has 0 spiro atoms. The molecule has 2 aromatic rings. The molecule has 0 bridgehead atoms. The molecule has 8 heteroatoms. The Morgan fingerprint density at radius 2 is 2.00 bits per heavy atom. The highest BCUT2D eigenvalue weighted by atomic mass is 16.5. The summed E-state index contributed by atoms with van der Waals surface area (Å²) in [4.78, 5) is 39.6. The van der Waals surface area contributed by atoms with E-state index in [0.717, 1.165) is 18.5 Å². The van der Waals surface area contributed by atoms with Crippen molar-refractivity contribution < 1.29 is 18.9 Å². The van der Waals surface area contributed by atoms with E-state index in [2.05, 4.69) is 10.5 Å². The van der Waals surface area contributed by atoms with Gasteiger partial charge < -0.3 is 19.6 Å². The van der Waals surface area contributed by atoms with Crippen LogP contribution in [0.1, 0.15) is 35.4 Å². The summed E-state index contributed by atoms with van der Waals surface area (Å²) in [5.74, 6) is 0.362. The fourth-order valence-corrected chi connectivity index (χ4v) is 2.98. The number of aromatic nitrogens is 1. The van der Waals surface area contributed by atoms with Gasteiger partial charge in [-0.15, -0.1) is 0 Å². The molecule has 1 N–H and O–H groups in total. The maximum Gasteiger partial charge on any atom is 0.254 e. The van der Waals surface area contributed by atoms with E-state index in [1.165, 1.54) is 4.90 Å². The van der Waals surface area contributed by atoms with E-state index in [4.69, 9.17) is 4.52 Å². The molecule has 1 aromatic heterocycles. The number of hydrogen-bond acceptors (Lipinski definition) is 5. The highest BCUT2D eigenvalue weighted by molar-refractivity contribution is 5.99. The van der Waals surface area contributed by atoms with Gasteiger partial charge in [0.15, 0.2) is 5.82 Å². The Labute approximate surface area is 157 Å². The summed E-state index contributed by atoms with van der Waals surface area (Å²) < 4.78 is 4.88. The van der Waals surface area contributed by atoms with E-state index in [0.29, 0.717) is 30.1 Å². The molecule has 0 radical (unpaired) electrons. The van der Waals surface area contributed by atoms with Crippen molar-refractivity contribution in [2.45, 2.75) is 26.2 Å². The van der Waals surface area contributed by atoms with Gasteiger partial charge in [0.1, 0.15) is 5.76 Å². The Morgan fingerprint density at radius 3 is 2.63 bits per heavy atom. The second-order valence-electron chi connectivity index (χ2n) is 6.58. The molecule has 3 amide bonds. The Morgan fingerprint density at radius 1 is 1.26 bits per heavy atom. The van der Waals surface area contributed by atoms with Crippen molar-refractivity contribution in [3.63, 3.8) is 0 Å². The van der Waals surface area contributed by atoms with E-state index in [1.54, 1.807) is 49.2 Å². The van der Waals surface area contributed by atoms with Crippen LogP contribution in [0.4, 0.5) is 11.5 Å². The van der Waals surface area contributed by atoms with Crippen LogP contribution in [-0.4, -0.2) is 47.9 Å². The van der Waals surface area contributed by atoms with Crippen molar-refractivity contribution in [3.8, 4) is 0 Å². The number of anilines is 2. The van der Waals surface area contributed by atoms with E-state index < -0.39 is 0 Å². The summed E-state index contributed by atoms with van der Waals surface area (Å²) in [6.45, 7) is 2.31. The molecule has 27 heavy (non-hydrogen) atoms. The van der Waals surface area contributed by atoms with Crippen LogP contribution in [0.15, 0.2) is 34.9 Å². The summed E-state index contributed by atoms with van der Waals surface area (Å²) in [6.07, 6.45) is 2.46. The lowest BCUT2D eigenvalue weighted by molar-refractivity contribution is -0.119. The van der Waals surface area contributed by atoms with Crippen molar-refractivity contribution in [1.82, 2.24) is 10.1 Å². The minimum absolute atomic E-state index is 0.109. The lowest BCUT2D eigenvalue weighted by Gasteiger charge is -2.27. The highest BCUT2D eigenvalue weighted by Crippen LogP contribution is 2.21. The maximum atomic E-state index is 12.5. The fraction of sp³-hybridized carbons (Fsp3) is 0.368. The number of hydrogen-bond donors (Lipinski definition) is 1. The van der Waals surface area contributed by atoms with Crippen LogP contribution in [0.5, 0.6) is 0 Å². The third-order valence-electron chi connectivity index (χ3n) is 4.37. The predicted octanol–water partition coefficient (Wildman–Crippen LogP) is 2.21. The monoisotopic (exact) mass is 370 g/mol. The Hall–Kier alpha value is -3.16. The van der Waals surface area contributed by atoms with Gasteiger partial charge in [-0.1, -0.05) is 5.16 Å². The second-order valence-corrected chi connectivity index (χ2v) is 6.58. The molecule has 1 aliphatic heterocycles. The maximum absolute atomic E-state index is 12.5. The van der Waals surface area contributed by atoms with Gasteiger partial charge in [-0.2, -0.15) is 0 Å². The molecule has 1 aliphatic rings. The van der Waals surface area contributed by atoms with Gasteiger partial charge in [-0.25, -0.2) is 0 Å². The smallest absolute Gasteiger partial charge is 0.254 e. The van der Waals surface area contributed by atoms with Crippen LogP contribution in [-0.2, 0) is 9.59 Å². The van der Waals surface area contributed by atoms with Crippen LogP contribution >= 0.6 is 0 Å². The molecule has 1 saturated heterocycles. The lowest BCUT2D eigenvalue weighted by atomic mass is 10.1. The topological polar surface area (TPSA) is 95.8 Å². The Bertz CT molecular complexity index is 844. The predicted molar refractivity (Wildman–Crippen MR) is 99.5 cm³/mol. The summed E-state index contributed by atoms with van der Waals surface area (Å²) in [5, 5.41) is 6.26. The van der Waals surface area contributed by atoms with Crippen LogP contribution < -0.4 is 10.2 Å². The number of nitrogens with zero attached hydrogens (tertiary/aromatic N) is 3. The van der Waals surface area contributed by atoms with Crippen LogP contribution in [0, 0.1) is 6.92 Å². The molecule has 3 rings (SSSR count). The van der Waals surface area contributed by atoms with Crippen LogP contribution in [0.25, 0.3) is 0 Å². The zero-order valence-corrected chi connectivity index (χ0v) is 15.4. The second kappa shape index (κ2) is 8.03. The van der Waals surface area contributed by atoms with Gasteiger partial charge in [-0.3, -0.25) is 14.4 Å². The average molecular weight is 370 g/mol. The fourth-order valence-electron chi connectivity index (χ4n) is 2.98. The molecule has 1 fully saturated rings. The Kier molecular flexibility index (Phi) is 5.54. The first-order valence-electron chi connectivity index (χ1n) is 8.83. The van der Waals surface area contributed by atoms with Gasteiger partial charge >= 0.3 is 0 Å². The first-order chi connectivity index (χ1) is 12.9. The zero-order valence-electron chi connectivity index (χ0n) is 15.4. The average Bonchev–Trinajstić information content (AvgIpc) is 3.06. The van der Waals surface area contributed by atoms with E-state index in [-0.39, 0.29) is 24.3 Å². The molecule has 0 atom stereocenters. The normalized spacial score (nSPS) is 14.1. The SMILES string of the molecule is Cc1cc(NC(=O)CN(C)C(=O)c2ccc(N3CCCCC3=O)cc2)no1. The minimum Gasteiger partial charge on any atom is -0.360 e. The number of aryl methyl sites for hydroxylation is 1. The van der Waals surface area contributed by atoms with Crippen molar-refractivity contribution in [3.05, 3.63) is 41.7 Å². The largest absolute Gasteiger partial charge is 0.360 e. The summed E-state index contributed by atoms with van der Waals surface area (Å²) in [6, 6.07) is 8.48. The van der Waals surface area contributed by atoms with Crippen molar-refractivity contribution >= 4 is 29.2 Å². The van der Waals surface area contributed by atoms with Gasteiger partial charge in [-0.05, 0) is 44.0 Å². The van der Waals surface area contributed by atoms with Crippen molar-refractivity contribution in [2.75, 3.05) is 30.4 Å². The third kappa shape index (κ3) is 4.52. The van der Waals surface area contributed by atoms with Gasteiger partial charge in [0.05, 0.1) is 6.54 Å². The molecule has 1 aromatic carbocycles. The summed E-state index contributed by atoms with van der Waals surface area (Å²) in [5.41, 5.74) is 1.24. The van der Waals surface area contributed by atoms with Crippen molar-refractivity contribution in [1.29, 1.82) is 0 Å². The first-order valence-corrected chi connectivity index (χ1v) is 8.83. The quantitative estimate of drug-likeness (QED) is 0.871. The van der Waals surface area contributed by atoms with E-state index in [1.807, 2.05) is 0 Å². The Balaban J connectivity index is 1.59. The number of nitrogens with one attached hydrogen (secondary N) is 1. The number of carbonyl (C=O) groups is 3. The molecule has 0 unspecified atom stereocenters. The molecule has 142 valence electrons. The lowest BCUT2D eigenvalue weighted by Crippen LogP contribution is -2.36. The number of likely N-dealkylation sites (N-methyl/N-ethyl adjacent to an activating group) is 1. The minimum atomic E-state index is -0.366. The van der Waals surface area contributed by atoms with Gasteiger partial charge in [0.2, 0.25) is 11.8 Å². The van der Waals surface area contributed by atoms with Crippen molar-refractivity contribution in [2.24, 2.45) is 0 Å². The number of rotatable bonds is 5. The van der Waals surface area contributed by atoms with Gasteiger partial charge in [0, 0.05) is 37.3 Å². The summed E-state index contributed by atoms with van der Waals surface area (Å²) >= 11 is 0. The number of benzene rings is 1. The molecule has 0 aliphatic carbocycles. The first kappa shape index (κ1) is 18.6. The molecule has 8 nitrogen and oxygen atoms in total. The van der Waals surface area contributed by atoms with E-state index in [9.17, 15) is 14.4 Å². The zero-order chi connectivity index (χ0) is 19.4. The molecule has 2 heterocycles. The van der Waals surface area contributed by atoms with Gasteiger partial charge in [0.25, 0.3) is 5.91 Å². The third-order valence-corrected chi connectivity index (χ3v) is 4.37. The van der Waals surface area contributed by atoms with Crippen LogP contribution in [0.2, 0.25) is 0 Å². The number of piperidine rings is 1. The number of amides is 3. The van der Waals surface area contributed by atoms with E-state index >= 15 is 0 Å². The highest BCUT2D eigenvalue weighted by Gasteiger charge is 2.20. The molecular formula is C19H22N4O4. The standard InChI is InChI=1S/C19H22N4O4/c1-13-11-16(21-27-13)20-17(24)12-22(2)19(26)14-6-8-15(9-7-14)23-10-4-3-5-18(23)25/h6-9,11H,3-5,10,12H2,1-2H3,(H,20,21,24). The van der Waals surface area contributed by atoms with Crippen LogP contribution in [0.3, 0.4) is 0 Å². The molecular weight excluding hydrogens is 348 g/mol. The summed E-state index contributed by atoms with van der Waals surface area (Å²) in [7, 11) is 1.55. The molecule has 0 saturated carbocycles. The number of carbonyl (C=O) groups excluding carboxylic acids is 3.